The highest BCUT2D eigenvalue weighted by atomic mass is 15.2. The zero-order valence-corrected chi connectivity index (χ0v) is 14.5. The maximum absolute atomic E-state index is 3.82. The van der Waals surface area contributed by atoms with E-state index < -0.39 is 0 Å². The number of rotatable bonds is 4. The quantitative estimate of drug-likeness (QED) is 0.845. The largest absolute Gasteiger partial charge is 0.314 e. The van der Waals surface area contributed by atoms with Gasteiger partial charge in [-0.25, -0.2) is 0 Å². The van der Waals surface area contributed by atoms with Gasteiger partial charge in [0.2, 0.25) is 0 Å². The summed E-state index contributed by atoms with van der Waals surface area (Å²) in [6.45, 7) is 11.1. The Labute approximate surface area is 132 Å². The van der Waals surface area contributed by atoms with Gasteiger partial charge in [0.1, 0.15) is 0 Å². The molecule has 0 aromatic rings. The maximum Gasteiger partial charge on any atom is 0.0124 e. The second-order valence-corrected chi connectivity index (χ2v) is 8.28. The minimum absolute atomic E-state index is 0.760. The van der Waals surface area contributed by atoms with E-state index in [1.807, 2.05) is 0 Å². The normalized spacial score (nSPS) is 44.7. The fraction of sp³-hybridized carbons (Fsp3) is 1.00. The highest BCUT2D eigenvalue weighted by Crippen LogP contribution is 2.40. The second-order valence-electron chi connectivity index (χ2n) is 8.28. The average Bonchev–Trinajstić information content (AvgIpc) is 2.92. The molecule has 0 radical (unpaired) electrons. The van der Waals surface area contributed by atoms with Crippen molar-refractivity contribution in [3.8, 4) is 0 Å². The number of nitrogens with zero attached hydrogens (tertiary/aromatic N) is 1. The molecule has 1 heterocycles. The minimum Gasteiger partial charge on any atom is -0.314 e. The summed E-state index contributed by atoms with van der Waals surface area (Å²) in [5, 5.41) is 3.82. The molecule has 2 heteroatoms. The van der Waals surface area contributed by atoms with Crippen LogP contribution in [-0.2, 0) is 0 Å². The molecule has 1 N–H and O–H groups in total. The third-order valence-electron chi connectivity index (χ3n) is 6.70. The van der Waals surface area contributed by atoms with Gasteiger partial charge >= 0.3 is 0 Å². The molecule has 6 atom stereocenters. The highest BCUT2D eigenvalue weighted by molar-refractivity contribution is 4.94. The Morgan fingerprint density at radius 2 is 1.86 bits per heavy atom. The summed E-state index contributed by atoms with van der Waals surface area (Å²) in [7, 11) is 0. The van der Waals surface area contributed by atoms with Gasteiger partial charge in [-0.3, -0.25) is 4.90 Å². The molecule has 2 nitrogen and oxygen atoms in total. The van der Waals surface area contributed by atoms with Crippen LogP contribution in [0.3, 0.4) is 0 Å². The van der Waals surface area contributed by atoms with Crippen molar-refractivity contribution in [3.05, 3.63) is 0 Å². The lowest BCUT2D eigenvalue weighted by atomic mass is 9.71. The number of likely N-dealkylation sites (tertiary alicyclic amines) is 1. The number of piperidine rings is 1. The van der Waals surface area contributed by atoms with Crippen molar-refractivity contribution >= 4 is 0 Å². The van der Waals surface area contributed by atoms with Gasteiger partial charge in [0.05, 0.1) is 0 Å². The molecule has 3 rings (SSSR count). The van der Waals surface area contributed by atoms with E-state index >= 15 is 0 Å². The standard InChI is InChI=1S/C19H36N2/c1-4-20-18-12-14(2)11-15(3)17(18)13-21-10-6-8-16-7-5-9-19(16)21/h14-20H,4-13H2,1-3H3. The van der Waals surface area contributed by atoms with Gasteiger partial charge in [-0.2, -0.15) is 0 Å². The molecule has 6 unspecified atom stereocenters. The smallest absolute Gasteiger partial charge is 0.0124 e. The molecule has 0 spiro atoms. The van der Waals surface area contributed by atoms with Crippen LogP contribution in [0.15, 0.2) is 0 Å². The summed E-state index contributed by atoms with van der Waals surface area (Å²) >= 11 is 0. The molecule has 2 aliphatic carbocycles. The molecule has 1 aliphatic heterocycles. The lowest BCUT2D eigenvalue weighted by Crippen LogP contribution is -2.52. The van der Waals surface area contributed by atoms with Crippen LogP contribution in [0, 0.1) is 23.7 Å². The van der Waals surface area contributed by atoms with Gasteiger partial charge in [0, 0.05) is 18.6 Å². The van der Waals surface area contributed by atoms with E-state index in [1.54, 1.807) is 0 Å². The third-order valence-corrected chi connectivity index (χ3v) is 6.70. The zero-order valence-electron chi connectivity index (χ0n) is 14.5. The fourth-order valence-corrected chi connectivity index (χ4v) is 5.77. The lowest BCUT2D eigenvalue weighted by Gasteiger charge is -2.46. The number of hydrogen-bond acceptors (Lipinski definition) is 2. The first-order chi connectivity index (χ1) is 10.2. The molecule has 3 aliphatic rings. The predicted octanol–water partition coefficient (Wildman–Crippen LogP) is 3.91. The zero-order chi connectivity index (χ0) is 14.8. The summed E-state index contributed by atoms with van der Waals surface area (Å²) in [5.74, 6) is 3.70. The van der Waals surface area contributed by atoms with E-state index in [1.165, 1.54) is 58.0 Å². The first kappa shape index (κ1) is 15.8. The average molecular weight is 293 g/mol. The van der Waals surface area contributed by atoms with E-state index in [2.05, 4.69) is 31.0 Å². The summed E-state index contributed by atoms with van der Waals surface area (Å²) in [4.78, 5) is 2.91. The Hall–Kier alpha value is -0.0800. The summed E-state index contributed by atoms with van der Waals surface area (Å²) in [6.07, 6.45) is 10.3. The van der Waals surface area contributed by atoms with Crippen LogP contribution in [0.5, 0.6) is 0 Å². The van der Waals surface area contributed by atoms with Crippen molar-refractivity contribution in [1.82, 2.24) is 10.2 Å². The molecule has 0 aromatic heterocycles. The van der Waals surface area contributed by atoms with Crippen LogP contribution in [0.4, 0.5) is 0 Å². The Kier molecular flexibility index (Phi) is 5.27. The van der Waals surface area contributed by atoms with Crippen LogP contribution in [0.25, 0.3) is 0 Å². The second kappa shape index (κ2) is 7.00. The van der Waals surface area contributed by atoms with E-state index in [0.717, 1.165) is 42.3 Å². The molecular formula is C19H36N2. The molecule has 2 saturated carbocycles. The lowest BCUT2D eigenvalue weighted by molar-refractivity contribution is 0.0483. The van der Waals surface area contributed by atoms with Gasteiger partial charge in [-0.15, -0.1) is 0 Å². The van der Waals surface area contributed by atoms with Crippen LogP contribution >= 0.6 is 0 Å². The van der Waals surface area contributed by atoms with Crippen molar-refractivity contribution in [2.45, 2.75) is 77.8 Å². The number of nitrogens with one attached hydrogen (secondary N) is 1. The Bertz CT molecular complexity index is 330. The van der Waals surface area contributed by atoms with Gasteiger partial charge in [0.15, 0.2) is 0 Å². The first-order valence-corrected chi connectivity index (χ1v) is 9.66. The third kappa shape index (κ3) is 3.47. The Morgan fingerprint density at radius 3 is 2.67 bits per heavy atom. The van der Waals surface area contributed by atoms with Crippen molar-refractivity contribution in [3.63, 3.8) is 0 Å². The van der Waals surface area contributed by atoms with Crippen LogP contribution in [0.2, 0.25) is 0 Å². The summed E-state index contributed by atoms with van der Waals surface area (Å²) in [6, 6.07) is 1.70. The Balaban J connectivity index is 1.65. The number of hydrogen-bond donors (Lipinski definition) is 1. The molecule has 0 aromatic carbocycles. The molecule has 0 bridgehead atoms. The highest BCUT2D eigenvalue weighted by Gasteiger charge is 2.39. The number of fused-ring (bicyclic) bond motifs is 1. The maximum atomic E-state index is 3.82. The first-order valence-electron chi connectivity index (χ1n) is 9.66. The van der Waals surface area contributed by atoms with Crippen LogP contribution < -0.4 is 5.32 Å². The van der Waals surface area contributed by atoms with Crippen molar-refractivity contribution < 1.29 is 0 Å². The van der Waals surface area contributed by atoms with Gasteiger partial charge < -0.3 is 5.32 Å². The van der Waals surface area contributed by atoms with Gasteiger partial charge in [-0.1, -0.05) is 27.2 Å². The van der Waals surface area contributed by atoms with Crippen molar-refractivity contribution in [2.24, 2.45) is 23.7 Å². The molecular weight excluding hydrogens is 256 g/mol. The molecule has 0 amide bonds. The van der Waals surface area contributed by atoms with Crippen LogP contribution in [-0.4, -0.2) is 36.6 Å². The van der Waals surface area contributed by atoms with Crippen molar-refractivity contribution in [2.75, 3.05) is 19.6 Å². The fourth-order valence-electron chi connectivity index (χ4n) is 5.77. The molecule has 1 saturated heterocycles. The monoisotopic (exact) mass is 292 g/mol. The van der Waals surface area contributed by atoms with E-state index in [9.17, 15) is 0 Å². The van der Waals surface area contributed by atoms with Gasteiger partial charge in [-0.05, 0) is 75.3 Å². The van der Waals surface area contributed by atoms with E-state index in [0.29, 0.717) is 0 Å². The van der Waals surface area contributed by atoms with E-state index in [4.69, 9.17) is 0 Å². The minimum atomic E-state index is 0.760. The van der Waals surface area contributed by atoms with Crippen molar-refractivity contribution in [1.29, 1.82) is 0 Å². The summed E-state index contributed by atoms with van der Waals surface area (Å²) < 4.78 is 0. The molecule has 3 fully saturated rings. The molecule has 21 heavy (non-hydrogen) atoms. The van der Waals surface area contributed by atoms with E-state index in [-0.39, 0.29) is 0 Å². The molecule has 122 valence electrons. The summed E-state index contributed by atoms with van der Waals surface area (Å²) in [5.41, 5.74) is 0. The topological polar surface area (TPSA) is 15.3 Å². The van der Waals surface area contributed by atoms with Crippen LogP contribution in [0.1, 0.15) is 65.7 Å². The SMILES string of the molecule is CCNC1CC(C)CC(C)C1CN1CCCC2CCCC21. The predicted molar refractivity (Wildman–Crippen MR) is 90.5 cm³/mol. The van der Waals surface area contributed by atoms with Gasteiger partial charge in [0.25, 0.3) is 0 Å². The Morgan fingerprint density at radius 1 is 1.05 bits per heavy atom.